The number of nitrogens with zero attached hydrogens (tertiary/aromatic N) is 4. The summed E-state index contributed by atoms with van der Waals surface area (Å²) in [6.45, 7) is 3.78. The molecule has 0 amide bonds. The van der Waals surface area contributed by atoms with Crippen LogP contribution in [0.2, 0.25) is 0 Å². The maximum absolute atomic E-state index is 13.2. The van der Waals surface area contributed by atoms with Crippen LogP contribution < -0.4 is 16.2 Å². The molecule has 12 heteroatoms. The zero-order chi connectivity index (χ0) is 26.4. The van der Waals surface area contributed by atoms with Gasteiger partial charge in [-0.3, -0.25) is 0 Å². The first-order valence-corrected chi connectivity index (χ1v) is 12.4. The molecule has 1 aliphatic carbocycles. The highest BCUT2D eigenvalue weighted by molar-refractivity contribution is 5.86. The van der Waals surface area contributed by atoms with Gasteiger partial charge in [-0.05, 0) is 51.0 Å². The van der Waals surface area contributed by atoms with Crippen molar-refractivity contribution < 1.29 is 27.7 Å². The number of nitrogens with two attached hydrogens (primary N) is 2. The highest BCUT2D eigenvalue weighted by Crippen LogP contribution is 2.57. The van der Waals surface area contributed by atoms with Crippen LogP contribution in [0, 0.1) is 0 Å². The number of rotatable bonds is 4. The summed E-state index contributed by atoms with van der Waals surface area (Å²) in [4.78, 5) is 12.7. The monoisotopic (exact) mass is 524 g/mol. The number of benzene rings is 1. The van der Waals surface area contributed by atoms with Gasteiger partial charge in [-0.25, -0.2) is 23.7 Å². The Labute approximate surface area is 215 Å². The molecule has 1 saturated carbocycles. The van der Waals surface area contributed by atoms with Crippen LogP contribution in [-0.4, -0.2) is 49.2 Å². The van der Waals surface area contributed by atoms with Gasteiger partial charge in [0.15, 0.2) is 12.0 Å². The van der Waals surface area contributed by atoms with Crippen molar-refractivity contribution in [2.75, 3.05) is 11.5 Å². The van der Waals surface area contributed by atoms with Gasteiger partial charge in [0, 0.05) is 17.6 Å². The summed E-state index contributed by atoms with van der Waals surface area (Å²) < 4.78 is 54.4. The molecular weight excluding hydrogens is 498 g/mol. The summed E-state index contributed by atoms with van der Waals surface area (Å²) in [6, 6.07) is 8.35. The molecule has 4 aromatic rings. The van der Waals surface area contributed by atoms with Crippen molar-refractivity contribution in [3.05, 3.63) is 48.4 Å². The van der Waals surface area contributed by atoms with Crippen LogP contribution in [0.1, 0.15) is 44.9 Å². The second-order valence-corrected chi connectivity index (χ2v) is 10.5. The van der Waals surface area contributed by atoms with Crippen LogP contribution in [0.3, 0.4) is 0 Å². The minimum atomic E-state index is -2.70. The van der Waals surface area contributed by atoms with E-state index in [0.29, 0.717) is 41.0 Å². The number of fused-ring (bicyclic) bond motifs is 2. The fourth-order valence-electron chi connectivity index (χ4n) is 6.19. The lowest BCUT2D eigenvalue weighted by molar-refractivity contribution is -0.213. The third-order valence-corrected chi connectivity index (χ3v) is 7.70. The smallest absolute Gasteiger partial charge is 0.267 e. The normalized spacial score (nSPS) is 29.8. The molecule has 0 bridgehead atoms. The van der Waals surface area contributed by atoms with E-state index in [1.54, 1.807) is 18.2 Å². The Bertz CT molecular complexity index is 1580. The molecule has 7 rings (SSSR count). The third kappa shape index (κ3) is 3.36. The fourth-order valence-corrected chi connectivity index (χ4v) is 6.19. The van der Waals surface area contributed by atoms with Crippen LogP contribution in [0.5, 0.6) is 5.75 Å². The largest absolute Gasteiger partial charge is 0.488 e. The van der Waals surface area contributed by atoms with Crippen LogP contribution in [0.4, 0.5) is 20.4 Å². The van der Waals surface area contributed by atoms with Crippen LogP contribution >= 0.6 is 0 Å². The minimum absolute atomic E-state index is 0.198. The molecule has 0 radical (unpaired) electrons. The molecule has 38 heavy (non-hydrogen) atoms. The Kier molecular flexibility index (Phi) is 4.92. The predicted molar refractivity (Wildman–Crippen MR) is 133 cm³/mol. The second kappa shape index (κ2) is 7.95. The molecule has 3 aromatic heterocycles. The molecule has 198 valence electrons. The van der Waals surface area contributed by atoms with E-state index in [1.165, 1.54) is 12.4 Å². The molecule has 10 nitrogen and oxygen atoms in total. The number of pyridine rings is 1. The third-order valence-electron chi connectivity index (χ3n) is 7.70. The number of hydrogen-bond acceptors (Lipinski definition) is 9. The number of ether oxygens (including phenoxy) is 4. The lowest BCUT2D eigenvalue weighted by Gasteiger charge is -2.29. The number of halogens is 2. The molecule has 5 atom stereocenters. The van der Waals surface area contributed by atoms with Crippen molar-refractivity contribution in [3.8, 4) is 5.75 Å². The van der Waals surface area contributed by atoms with Crippen molar-refractivity contribution in [3.63, 3.8) is 0 Å². The van der Waals surface area contributed by atoms with Gasteiger partial charge >= 0.3 is 0 Å². The summed E-state index contributed by atoms with van der Waals surface area (Å²) in [5, 5.41) is 1.28. The first-order valence-electron chi connectivity index (χ1n) is 12.4. The van der Waals surface area contributed by atoms with E-state index in [4.69, 9.17) is 30.4 Å². The van der Waals surface area contributed by atoms with Crippen molar-refractivity contribution >= 4 is 33.6 Å². The molecule has 2 aliphatic heterocycles. The Morgan fingerprint density at radius 1 is 1.11 bits per heavy atom. The summed E-state index contributed by atoms with van der Waals surface area (Å²) >= 11 is 0. The van der Waals surface area contributed by atoms with Gasteiger partial charge < -0.3 is 35.0 Å². The SMILES string of the molecule is CC1(C)O[C@H]2[C@H](n3ccc4c(N)ncnc43)O[C@@H]3[C@@H](Oc4ccc5cc(C(F)F)c(N)nc5c4)CC[C@@]32O1. The van der Waals surface area contributed by atoms with E-state index in [2.05, 4.69) is 15.0 Å². The molecule has 2 saturated heterocycles. The minimum Gasteiger partial charge on any atom is -0.488 e. The number of nitrogen functional groups attached to an aromatic ring is 2. The molecule has 0 unspecified atom stereocenters. The van der Waals surface area contributed by atoms with Crippen molar-refractivity contribution in [1.82, 2.24) is 19.5 Å². The molecule has 3 fully saturated rings. The highest BCUT2D eigenvalue weighted by atomic mass is 19.3. The van der Waals surface area contributed by atoms with Gasteiger partial charge in [-0.2, -0.15) is 0 Å². The van der Waals surface area contributed by atoms with Crippen molar-refractivity contribution in [2.24, 2.45) is 0 Å². The average molecular weight is 525 g/mol. The lowest BCUT2D eigenvalue weighted by atomic mass is 9.94. The standard InChI is InChI=1S/C26H26F2N6O4/c1-25(2)37-19-24(34-8-6-14-21(29)31-11-32-23(14)34)36-18-17(5-7-26(18,19)38-25)35-13-4-3-12-9-15(20(27)28)22(30)33-16(12)10-13/h3-4,6,8-11,17-20,24H,5,7H2,1-2H3,(H2,30,33)(H2,29,31,32)/t17-,18+,19-,24+,26+/m0/s1. The zero-order valence-corrected chi connectivity index (χ0v) is 20.7. The van der Waals surface area contributed by atoms with E-state index in [9.17, 15) is 8.78 Å². The maximum atomic E-state index is 13.2. The van der Waals surface area contributed by atoms with Gasteiger partial charge in [0.1, 0.15) is 53.3 Å². The van der Waals surface area contributed by atoms with E-state index in [1.807, 2.05) is 30.7 Å². The van der Waals surface area contributed by atoms with Crippen LogP contribution in [-0.2, 0) is 14.2 Å². The van der Waals surface area contributed by atoms with Gasteiger partial charge in [0.25, 0.3) is 6.43 Å². The van der Waals surface area contributed by atoms with Crippen LogP contribution in [0.15, 0.2) is 42.9 Å². The number of alkyl halides is 2. The van der Waals surface area contributed by atoms with Gasteiger partial charge in [0.05, 0.1) is 16.5 Å². The molecular formula is C26H26F2N6O4. The predicted octanol–water partition coefficient (Wildman–Crippen LogP) is 4.11. The second-order valence-electron chi connectivity index (χ2n) is 10.5. The molecule has 1 aromatic carbocycles. The molecule has 3 aliphatic rings. The number of aromatic nitrogens is 4. The zero-order valence-electron chi connectivity index (χ0n) is 20.7. The Hall–Kier alpha value is -3.61. The quantitative estimate of drug-likeness (QED) is 0.405. The van der Waals surface area contributed by atoms with Gasteiger partial charge in [-0.1, -0.05) is 0 Å². The van der Waals surface area contributed by atoms with Crippen molar-refractivity contribution in [2.45, 2.75) is 69.0 Å². The number of hydrogen-bond donors (Lipinski definition) is 2. The fraction of sp³-hybridized carbons (Fsp3) is 0.423. The molecule has 1 spiro atoms. The van der Waals surface area contributed by atoms with Crippen LogP contribution in [0.25, 0.3) is 21.9 Å². The van der Waals surface area contributed by atoms with E-state index < -0.39 is 36.2 Å². The molecule has 5 heterocycles. The lowest BCUT2D eigenvalue weighted by Crippen LogP contribution is -2.46. The molecule has 4 N–H and O–H groups in total. The maximum Gasteiger partial charge on any atom is 0.267 e. The Morgan fingerprint density at radius 2 is 1.95 bits per heavy atom. The summed E-state index contributed by atoms with van der Waals surface area (Å²) in [5.74, 6) is -0.0942. The summed E-state index contributed by atoms with van der Waals surface area (Å²) in [7, 11) is 0. The topological polar surface area (TPSA) is 133 Å². The van der Waals surface area contributed by atoms with Crippen molar-refractivity contribution in [1.29, 1.82) is 0 Å². The van der Waals surface area contributed by atoms with E-state index in [-0.39, 0.29) is 17.5 Å². The summed E-state index contributed by atoms with van der Waals surface area (Å²) in [6.07, 6.45) is 0.212. The highest BCUT2D eigenvalue weighted by Gasteiger charge is 2.71. The Morgan fingerprint density at radius 3 is 2.76 bits per heavy atom. The first-order chi connectivity index (χ1) is 18.1. The van der Waals surface area contributed by atoms with Gasteiger partial charge in [0.2, 0.25) is 0 Å². The van der Waals surface area contributed by atoms with E-state index in [0.717, 1.165) is 5.39 Å². The number of anilines is 2. The van der Waals surface area contributed by atoms with Gasteiger partial charge in [-0.15, -0.1) is 0 Å². The Balaban J connectivity index is 1.22. The average Bonchev–Trinajstić information content (AvgIpc) is 3.57. The first kappa shape index (κ1) is 23.5. The van der Waals surface area contributed by atoms with E-state index >= 15 is 0 Å². The summed E-state index contributed by atoms with van der Waals surface area (Å²) in [5.41, 5.74) is 11.9.